The minimum absolute atomic E-state index is 0.0722. The van der Waals surface area contributed by atoms with Gasteiger partial charge < -0.3 is 86.9 Å². The van der Waals surface area contributed by atoms with Crippen molar-refractivity contribution in [2.75, 3.05) is 129 Å². The summed E-state index contributed by atoms with van der Waals surface area (Å²) in [6.45, 7) is 9.32. The molecule has 14 fully saturated rings. The minimum atomic E-state index is -0.990. The smallest absolute Gasteiger partial charge is 0.339 e. The molecular formula is C98H103N27O21S. The normalized spacial score (nSPS) is 25.3. The van der Waals surface area contributed by atoms with Gasteiger partial charge in [0.2, 0.25) is 17.7 Å². The van der Waals surface area contributed by atoms with E-state index in [0.717, 1.165) is 57.2 Å². The van der Waals surface area contributed by atoms with Crippen LogP contribution in [0.15, 0.2) is 176 Å². The third-order valence-corrected chi connectivity index (χ3v) is 29.4. The van der Waals surface area contributed by atoms with Gasteiger partial charge in [-0.1, -0.05) is 78.1 Å². The van der Waals surface area contributed by atoms with Crippen molar-refractivity contribution in [3.63, 3.8) is 0 Å². The lowest BCUT2D eigenvalue weighted by Gasteiger charge is -2.29. The number of nitrogens with zero attached hydrogens (tertiary/aromatic N) is 11. The molecule has 0 radical (unpaired) electrons. The summed E-state index contributed by atoms with van der Waals surface area (Å²) in [5.41, 5.74) is 2.62. The number of methoxy groups -OCH3 is 1. The van der Waals surface area contributed by atoms with E-state index in [1.165, 1.54) is 38.9 Å². The van der Waals surface area contributed by atoms with Gasteiger partial charge in [-0.05, 0) is 166 Å². The number of hydrogen-bond acceptors (Lipinski definition) is 29. The van der Waals surface area contributed by atoms with E-state index in [-0.39, 0.29) is 96.4 Å². The largest absolute Gasteiger partial charge is 0.465 e. The molecule has 0 bridgehead atoms. The Bertz CT molecular complexity index is 6900. The van der Waals surface area contributed by atoms with Crippen LogP contribution in [0.4, 0.5) is 67.3 Å². The molecule has 4 aromatic heterocycles. The maximum atomic E-state index is 13.0. The second-order valence-electron chi connectivity index (χ2n) is 38.0. The number of pyridine rings is 2. The van der Waals surface area contributed by atoms with Crippen LogP contribution in [0, 0.1) is 0 Å². The lowest BCUT2D eigenvalue weighted by molar-refractivity contribution is -0.133. The van der Waals surface area contributed by atoms with Crippen LogP contribution in [-0.2, 0) is 59.1 Å². The first-order valence-corrected chi connectivity index (χ1v) is 48.3. The highest BCUT2D eigenvalue weighted by atomic mass is 32.1. The van der Waals surface area contributed by atoms with Gasteiger partial charge in [0.1, 0.15) is 44.6 Å². The van der Waals surface area contributed by atoms with Gasteiger partial charge in [-0.25, -0.2) is 52.8 Å². The first-order chi connectivity index (χ1) is 70.4. The molecule has 24 rings (SSSR count). The molecule has 7 unspecified atom stereocenters. The Labute approximate surface area is 840 Å². The van der Waals surface area contributed by atoms with Crippen LogP contribution in [0.25, 0.3) is 15.7 Å². The first-order valence-electron chi connectivity index (χ1n) is 47.5. The topological polar surface area (TPSA) is 609 Å². The number of aryl methyl sites for hydroxylation is 1. The van der Waals surface area contributed by atoms with Gasteiger partial charge in [-0.2, -0.15) is 5.10 Å². The summed E-state index contributed by atoms with van der Waals surface area (Å²) in [4.78, 5) is 256. The number of nitrogens with one attached hydrogen (secondary N) is 16. The van der Waals surface area contributed by atoms with Crippen molar-refractivity contribution in [1.82, 2.24) is 109 Å². The number of carbonyl (C=O) groups excluding carboxylic acids is 20. The Kier molecular flexibility index (Phi) is 27.3. The molecule has 26 amide bonds. The predicted molar refractivity (Wildman–Crippen MR) is 526 cm³/mol. The van der Waals surface area contributed by atoms with Crippen LogP contribution in [0.1, 0.15) is 120 Å². The van der Waals surface area contributed by atoms with Crippen LogP contribution < -0.4 is 105 Å². The summed E-state index contributed by atoms with van der Waals surface area (Å²) in [5.74, 6) is -2.51. The van der Waals surface area contributed by atoms with Crippen molar-refractivity contribution in [1.29, 1.82) is 0 Å². The zero-order valence-corrected chi connectivity index (χ0v) is 80.5. The standard InChI is InChI=1S/C17H19N3O3.C14H13N5O3.2C14H16N4O3.C13H14N4O4.C13H12N4O2S.C13H13N3O3/c21-14(13-7-3-5-11-4-1-2-6-12(11)13)20-9-8-17(10-20)15(22)18-16(23)19-17;20-11(9-7-15-19-5-2-1-3-10(9)19)18-6-4-14(8-18)12(21)16-13(22)17-14;1-9(19)15-10-2-4-11(5-3-10)18-7-6-14(8-18)12(20)16-13(21)17-14;1-9(19)15-10-3-2-4-11(7-10)18-6-5-14(8-18)12(20)16-13(21)17-14;1-21-10(18)8-2-3-9(14-6-8)17-5-4-13(7-17)11(19)15-12(20)16-13;18-10-13(16-11(19)15-10)5-6-17(7-13)12-14-8-3-1-2-4-9(8)20-12;17-10(9-4-2-1-3-5-9)16-7-6-13(8-16)11(18)14-12(19)15-13/h1-2,4,6,13H,3,5,7-10H2,(H2,18,19,22,23);1-3,5,7H,4,6,8H2,(H2,16,17,21,22);2-5H,6-8H2,1H3,(H,15,19)(H2,16,17,20,21);2-4,7H,5-6,8H2,1H3,(H,15,19)(H2,16,17,20,21);2-3,6H,4-5,7H2,1H3,(H2,15,16,19,20);1-4H,5-7H2,(H2,15,16,18,19);1-5H,6-8H2,(H2,14,15,18,19)/t13-,17?;;;;;;/m0....../s1. The van der Waals surface area contributed by atoms with E-state index in [9.17, 15) is 95.9 Å². The zero-order valence-electron chi connectivity index (χ0n) is 79.7. The second kappa shape index (κ2) is 40.3. The van der Waals surface area contributed by atoms with Gasteiger partial charge in [0.25, 0.3) is 53.2 Å². The molecule has 762 valence electrons. The number of urea groups is 7. The molecule has 16 N–H and O–H groups in total. The molecule has 48 nitrogen and oxygen atoms in total. The molecule has 147 heavy (non-hydrogen) atoms. The van der Waals surface area contributed by atoms with Gasteiger partial charge in [0, 0.05) is 100 Å². The molecule has 15 aliphatic rings. The van der Waals surface area contributed by atoms with E-state index in [0.29, 0.717) is 151 Å². The molecule has 7 spiro atoms. The Hall–Kier alpha value is -17.6. The van der Waals surface area contributed by atoms with Crippen LogP contribution in [0.5, 0.6) is 0 Å². The maximum Gasteiger partial charge on any atom is 0.339 e. The summed E-state index contributed by atoms with van der Waals surface area (Å²) in [6.07, 6.45) is 11.2. The Balaban J connectivity index is 0.000000112. The first kappa shape index (κ1) is 99.6. The third kappa shape index (κ3) is 20.5. The number of ether oxygens (including phenoxy) is 1. The average molecular weight is 2030 g/mol. The fourth-order valence-electron chi connectivity index (χ4n) is 20.7. The van der Waals surface area contributed by atoms with E-state index in [1.807, 2.05) is 124 Å². The van der Waals surface area contributed by atoms with Crippen molar-refractivity contribution in [2.45, 2.75) is 123 Å². The highest BCUT2D eigenvalue weighted by molar-refractivity contribution is 7.22. The molecule has 1 aliphatic carbocycles. The van der Waals surface area contributed by atoms with Crippen molar-refractivity contribution >= 4 is 180 Å². The highest BCUT2D eigenvalue weighted by Crippen LogP contribution is 2.40. The fourth-order valence-corrected chi connectivity index (χ4v) is 21.7. The van der Waals surface area contributed by atoms with E-state index < -0.39 is 87.0 Å². The van der Waals surface area contributed by atoms with E-state index >= 15 is 0 Å². The molecule has 9 aromatic rings. The fraction of sp³-hybridized carbons (Fsp3) is 0.357. The number of carbonyl (C=O) groups is 20. The molecule has 14 saturated heterocycles. The molecule has 14 aliphatic heterocycles. The average Bonchev–Trinajstić information content (AvgIpc) is 1.65. The number of thiazole rings is 1. The summed E-state index contributed by atoms with van der Waals surface area (Å²) in [6, 6.07) is 45.4. The number of rotatable bonds is 10. The number of esters is 1. The van der Waals surface area contributed by atoms with Crippen molar-refractivity contribution < 1.29 is 101 Å². The summed E-state index contributed by atoms with van der Waals surface area (Å²) >= 11 is 1.61. The third-order valence-electron chi connectivity index (χ3n) is 28.3. The summed E-state index contributed by atoms with van der Waals surface area (Å²) in [7, 11) is 1.31. The monoisotopic (exact) mass is 2030 g/mol. The zero-order chi connectivity index (χ0) is 104. The summed E-state index contributed by atoms with van der Waals surface area (Å²) < 4.78 is 7.37. The number of aromatic nitrogens is 4. The van der Waals surface area contributed by atoms with Gasteiger partial charge in [-0.3, -0.25) is 94.8 Å². The molecule has 5 aromatic carbocycles. The van der Waals surface area contributed by atoms with Gasteiger partial charge in [0.05, 0.1) is 91.9 Å². The number of anilines is 6. The number of fused-ring (bicyclic) bond motifs is 3. The Morgan fingerprint density at radius 1 is 0.401 bits per heavy atom. The molecular weight excluding hydrogens is 1920 g/mol. The second-order valence-corrected chi connectivity index (χ2v) is 39.0. The van der Waals surface area contributed by atoms with Crippen molar-refractivity contribution in [3.8, 4) is 0 Å². The number of likely N-dealkylation sites (tertiary alicyclic amines) is 3. The van der Waals surface area contributed by atoms with E-state index in [4.69, 9.17) is 0 Å². The number of amides is 26. The van der Waals surface area contributed by atoms with E-state index in [2.05, 4.69) is 116 Å². The Morgan fingerprint density at radius 3 is 1.35 bits per heavy atom. The van der Waals surface area contributed by atoms with Gasteiger partial charge in [-0.15, -0.1) is 0 Å². The van der Waals surface area contributed by atoms with Gasteiger partial charge in [0.15, 0.2) is 5.13 Å². The van der Waals surface area contributed by atoms with Crippen LogP contribution in [0.2, 0.25) is 0 Å². The van der Waals surface area contributed by atoms with E-state index in [1.54, 1.807) is 79.2 Å². The lowest BCUT2D eigenvalue weighted by atomic mass is 9.82. The Morgan fingerprint density at radius 2 is 0.844 bits per heavy atom. The number of imide groups is 7. The molecule has 8 atom stereocenters. The number of hydrogen-bond donors (Lipinski definition) is 16. The number of para-hydroxylation sites is 1. The minimum Gasteiger partial charge on any atom is -0.465 e. The highest BCUT2D eigenvalue weighted by Gasteiger charge is 2.58. The van der Waals surface area contributed by atoms with Crippen LogP contribution in [0.3, 0.4) is 0 Å². The quantitative estimate of drug-likeness (QED) is 0.0690. The molecule has 49 heteroatoms. The predicted octanol–water partition coefficient (Wildman–Crippen LogP) is 2.39. The SMILES string of the molecule is CC(=O)Nc1ccc(N2CCC3(C2)NC(=O)NC3=O)cc1.CC(=O)Nc1cccc(N2CCC3(C2)NC(=O)NC3=O)c1.COC(=O)c1ccc(N2CCC3(C2)NC(=O)NC3=O)nc1.O=C1NC(=O)C2(CCN(C(=O)[C@H]3CCCc4ccccc43)C2)N1.O=C1NC(=O)C2(CCN(C(=O)c3ccccc3)C2)N1.O=C1NC(=O)C2(CCN(C(=O)c3cnn4ccccc34)C2)N1.O=C1NC(=O)C2(CCN(c3nc4ccccc4s3)C2)N1. The number of benzene rings is 5. The molecule has 0 saturated carbocycles. The molecule has 18 heterocycles. The summed E-state index contributed by atoms with van der Waals surface area (Å²) in [5, 5.41) is 45.2. The van der Waals surface area contributed by atoms with Crippen molar-refractivity contribution in [2.24, 2.45) is 0 Å². The lowest BCUT2D eigenvalue weighted by Crippen LogP contribution is -2.50. The maximum absolute atomic E-state index is 13.0. The van der Waals surface area contributed by atoms with Crippen LogP contribution in [-0.4, -0.2) is 291 Å². The van der Waals surface area contributed by atoms with Gasteiger partial charge >= 0.3 is 48.2 Å². The van der Waals surface area contributed by atoms with Crippen LogP contribution >= 0.6 is 11.3 Å². The van der Waals surface area contributed by atoms with Crippen molar-refractivity contribution in [3.05, 3.63) is 204 Å².